The van der Waals surface area contributed by atoms with Gasteiger partial charge < -0.3 is 4.74 Å². The summed E-state index contributed by atoms with van der Waals surface area (Å²) in [6.45, 7) is 9.56. The van der Waals surface area contributed by atoms with Gasteiger partial charge in [0.15, 0.2) is 0 Å². The number of rotatable bonds is 2. The third-order valence-electron chi connectivity index (χ3n) is 6.33. The van der Waals surface area contributed by atoms with Crippen molar-refractivity contribution in [1.29, 1.82) is 0 Å². The molecule has 0 radical (unpaired) electrons. The lowest BCUT2D eigenvalue weighted by Crippen LogP contribution is -2.37. The Labute approximate surface area is 111 Å². The summed E-state index contributed by atoms with van der Waals surface area (Å²) in [5.74, 6) is 2.09. The molecular formula is C17H26O. The molecule has 0 heterocycles. The second kappa shape index (κ2) is 3.88. The van der Waals surface area contributed by atoms with Crippen LogP contribution in [0.5, 0.6) is 0 Å². The van der Waals surface area contributed by atoms with Crippen LogP contribution < -0.4 is 0 Å². The van der Waals surface area contributed by atoms with Gasteiger partial charge in [0.2, 0.25) is 0 Å². The fourth-order valence-corrected chi connectivity index (χ4v) is 4.31. The zero-order chi connectivity index (χ0) is 13.0. The minimum absolute atomic E-state index is 0.384. The van der Waals surface area contributed by atoms with Gasteiger partial charge >= 0.3 is 0 Å². The van der Waals surface area contributed by atoms with Crippen LogP contribution in [0.1, 0.15) is 59.8 Å². The molecular weight excluding hydrogens is 220 g/mol. The third kappa shape index (κ3) is 1.59. The number of allylic oxidation sites excluding steroid dienone is 4. The largest absolute Gasteiger partial charge is 0.494 e. The average Bonchev–Trinajstić information content (AvgIpc) is 2.65. The van der Waals surface area contributed by atoms with Crippen molar-refractivity contribution in [3.05, 3.63) is 23.5 Å². The van der Waals surface area contributed by atoms with E-state index in [1.54, 1.807) is 0 Å². The van der Waals surface area contributed by atoms with E-state index in [0.717, 1.165) is 12.3 Å². The highest BCUT2D eigenvalue weighted by atomic mass is 16.5. The van der Waals surface area contributed by atoms with Gasteiger partial charge in [-0.2, -0.15) is 0 Å². The van der Waals surface area contributed by atoms with Crippen LogP contribution >= 0.6 is 0 Å². The van der Waals surface area contributed by atoms with E-state index in [0.29, 0.717) is 16.9 Å². The molecule has 0 saturated heterocycles. The summed E-state index contributed by atoms with van der Waals surface area (Å²) in [5, 5.41) is 0. The summed E-state index contributed by atoms with van der Waals surface area (Å²) in [4.78, 5) is 0. The molecule has 0 N–H and O–H groups in total. The lowest BCUT2D eigenvalue weighted by atomic mass is 9.70. The van der Waals surface area contributed by atoms with Crippen molar-refractivity contribution in [2.45, 2.75) is 65.9 Å². The Morgan fingerprint density at radius 2 is 1.94 bits per heavy atom. The topological polar surface area (TPSA) is 9.23 Å². The molecule has 18 heavy (non-hydrogen) atoms. The van der Waals surface area contributed by atoms with Crippen molar-refractivity contribution in [1.82, 2.24) is 0 Å². The van der Waals surface area contributed by atoms with Gasteiger partial charge in [0.05, 0.1) is 5.76 Å². The van der Waals surface area contributed by atoms with Gasteiger partial charge in [0.25, 0.3) is 0 Å². The molecule has 3 aliphatic rings. The maximum Gasteiger partial charge on any atom is 0.104 e. The van der Waals surface area contributed by atoms with E-state index in [4.69, 9.17) is 4.74 Å². The molecule has 0 aliphatic heterocycles. The smallest absolute Gasteiger partial charge is 0.104 e. The monoisotopic (exact) mass is 246 g/mol. The molecule has 2 saturated carbocycles. The average molecular weight is 246 g/mol. The van der Waals surface area contributed by atoms with Crippen molar-refractivity contribution in [2.75, 3.05) is 0 Å². The number of hydrogen-bond acceptors (Lipinski definition) is 1. The fraction of sp³-hybridized carbons (Fsp3) is 0.765. The summed E-state index contributed by atoms with van der Waals surface area (Å²) in [7, 11) is 0. The van der Waals surface area contributed by atoms with E-state index in [2.05, 4.69) is 39.8 Å². The molecule has 2 fully saturated rings. The molecule has 1 nitrogen and oxygen atoms in total. The second-order valence-corrected chi connectivity index (χ2v) is 7.36. The van der Waals surface area contributed by atoms with E-state index in [-0.39, 0.29) is 0 Å². The maximum absolute atomic E-state index is 6.39. The molecule has 1 heteroatoms. The van der Waals surface area contributed by atoms with Gasteiger partial charge in [-0.25, -0.2) is 0 Å². The van der Waals surface area contributed by atoms with E-state index < -0.39 is 0 Å². The van der Waals surface area contributed by atoms with Crippen LogP contribution in [-0.2, 0) is 4.74 Å². The van der Waals surface area contributed by atoms with Crippen molar-refractivity contribution in [2.24, 2.45) is 16.7 Å². The zero-order valence-corrected chi connectivity index (χ0v) is 12.3. The highest BCUT2D eigenvalue weighted by molar-refractivity contribution is 5.20. The van der Waals surface area contributed by atoms with Crippen LogP contribution in [0.25, 0.3) is 0 Å². The third-order valence-corrected chi connectivity index (χ3v) is 6.33. The molecule has 2 bridgehead atoms. The van der Waals surface area contributed by atoms with Gasteiger partial charge in [-0.15, -0.1) is 0 Å². The van der Waals surface area contributed by atoms with Gasteiger partial charge in [-0.05, 0) is 50.0 Å². The summed E-state index contributed by atoms with van der Waals surface area (Å²) in [6, 6.07) is 0. The summed E-state index contributed by atoms with van der Waals surface area (Å²) >= 11 is 0. The predicted molar refractivity (Wildman–Crippen MR) is 75.2 cm³/mol. The van der Waals surface area contributed by atoms with E-state index in [1.165, 1.54) is 37.0 Å². The van der Waals surface area contributed by atoms with Gasteiger partial charge in [-0.1, -0.05) is 32.4 Å². The Kier molecular flexibility index (Phi) is 2.66. The van der Waals surface area contributed by atoms with Gasteiger partial charge in [0.1, 0.15) is 6.10 Å². The van der Waals surface area contributed by atoms with Crippen LogP contribution in [0.2, 0.25) is 0 Å². The quantitative estimate of drug-likeness (QED) is 0.677. The van der Waals surface area contributed by atoms with Gasteiger partial charge in [-0.3, -0.25) is 0 Å². The molecule has 3 atom stereocenters. The molecule has 0 spiro atoms. The van der Waals surface area contributed by atoms with E-state index in [9.17, 15) is 0 Å². The Morgan fingerprint density at radius 3 is 2.44 bits per heavy atom. The zero-order valence-electron chi connectivity index (χ0n) is 12.3. The first kappa shape index (κ1) is 12.3. The highest BCUT2D eigenvalue weighted by Crippen LogP contribution is 2.66. The Morgan fingerprint density at radius 1 is 1.17 bits per heavy atom. The molecule has 3 rings (SSSR count). The normalized spacial score (nSPS) is 41.6. The minimum atomic E-state index is 0.384. The minimum Gasteiger partial charge on any atom is -0.494 e. The lowest BCUT2D eigenvalue weighted by molar-refractivity contribution is -0.0150. The second-order valence-electron chi connectivity index (χ2n) is 7.36. The standard InChI is InChI=1S/C17H26O/c1-12-5-7-14(8-6-12)18-15-11-13-9-10-17(15,4)16(13,2)3/h5,7,13,15H,6,8-11H2,1-4H3/t13-,15+,17+/m0/s1. The summed E-state index contributed by atoms with van der Waals surface area (Å²) in [6.07, 6.45) is 11.1. The maximum atomic E-state index is 6.39. The fourth-order valence-electron chi connectivity index (χ4n) is 4.31. The van der Waals surface area contributed by atoms with Crippen LogP contribution in [-0.4, -0.2) is 6.10 Å². The summed E-state index contributed by atoms with van der Waals surface area (Å²) in [5.41, 5.74) is 2.31. The summed E-state index contributed by atoms with van der Waals surface area (Å²) < 4.78 is 6.39. The van der Waals surface area contributed by atoms with E-state index in [1.807, 2.05) is 0 Å². The van der Waals surface area contributed by atoms with Crippen molar-refractivity contribution < 1.29 is 4.74 Å². The predicted octanol–water partition coefficient (Wildman–Crippen LogP) is 4.84. The molecule has 3 aliphatic carbocycles. The van der Waals surface area contributed by atoms with Gasteiger partial charge in [0, 0.05) is 11.8 Å². The van der Waals surface area contributed by atoms with Crippen LogP contribution in [0.4, 0.5) is 0 Å². The molecule has 100 valence electrons. The number of fused-ring (bicyclic) bond motifs is 2. The molecule has 0 amide bonds. The molecule has 0 unspecified atom stereocenters. The SMILES string of the molecule is CC1=CC=C(O[C@@H]2C[C@@H]3CC[C@@]2(C)C3(C)C)CC1. The lowest BCUT2D eigenvalue weighted by Gasteiger charge is -2.39. The van der Waals surface area contributed by atoms with E-state index >= 15 is 0 Å². The Bertz CT molecular complexity index is 415. The highest BCUT2D eigenvalue weighted by Gasteiger charge is 2.62. The Hall–Kier alpha value is -0.720. The first-order valence-corrected chi connectivity index (χ1v) is 7.46. The number of hydrogen-bond donors (Lipinski definition) is 0. The van der Waals surface area contributed by atoms with Crippen molar-refractivity contribution >= 4 is 0 Å². The van der Waals surface area contributed by atoms with Crippen LogP contribution in [0, 0.1) is 16.7 Å². The number of ether oxygens (including phenoxy) is 1. The van der Waals surface area contributed by atoms with Crippen molar-refractivity contribution in [3.63, 3.8) is 0 Å². The molecule has 0 aromatic heterocycles. The van der Waals surface area contributed by atoms with Crippen LogP contribution in [0.3, 0.4) is 0 Å². The first-order chi connectivity index (χ1) is 8.43. The van der Waals surface area contributed by atoms with Crippen molar-refractivity contribution in [3.8, 4) is 0 Å². The molecule has 0 aromatic rings. The Balaban J connectivity index is 1.76. The van der Waals surface area contributed by atoms with Crippen LogP contribution in [0.15, 0.2) is 23.5 Å². The first-order valence-electron chi connectivity index (χ1n) is 7.46. The molecule has 0 aromatic carbocycles.